The number of rotatable bonds is 5. The summed E-state index contributed by atoms with van der Waals surface area (Å²) in [6, 6.07) is 12.7. The Morgan fingerprint density at radius 3 is 2.61 bits per heavy atom. The predicted octanol–water partition coefficient (Wildman–Crippen LogP) is 3.26. The van der Waals surface area contributed by atoms with E-state index in [0.29, 0.717) is 6.54 Å². The minimum absolute atomic E-state index is 0.102. The quantitative estimate of drug-likeness (QED) is 0.865. The van der Waals surface area contributed by atoms with Gasteiger partial charge in [0.25, 0.3) is 0 Å². The third-order valence-corrected chi connectivity index (χ3v) is 5.87. The van der Waals surface area contributed by atoms with Gasteiger partial charge in [-0.3, -0.25) is 9.69 Å². The van der Waals surface area contributed by atoms with Crippen LogP contribution in [0.5, 0.6) is 11.5 Å². The van der Waals surface area contributed by atoms with Crippen LogP contribution >= 0.6 is 0 Å². The maximum atomic E-state index is 12.7. The molecule has 28 heavy (non-hydrogen) atoms. The molecule has 1 unspecified atom stereocenters. The monoisotopic (exact) mass is 380 g/mol. The molecule has 1 atom stereocenters. The lowest BCUT2D eigenvalue weighted by Gasteiger charge is -2.31. The lowest BCUT2D eigenvalue weighted by Crippen LogP contribution is -2.41. The molecule has 0 aromatic heterocycles. The normalized spacial score (nSPS) is 18.7. The Hall–Kier alpha value is -2.53. The molecule has 0 saturated carbocycles. The fourth-order valence-corrected chi connectivity index (χ4v) is 4.42. The summed E-state index contributed by atoms with van der Waals surface area (Å²) >= 11 is 0. The van der Waals surface area contributed by atoms with E-state index < -0.39 is 0 Å². The van der Waals surface area contributed by atoms with Crippen LogP contribution in [0.25, 0.3) is 0 Å². The zero-order chi connectivity index (χ0) is 19.5. The van der Waals surface area contributed by atoms with E-state index >= 15 is 0 Å². The van der Waals surface area contributed by atoms with E-state index in [1.54, 1.807) is 14.2 Å². The number of nitrogens with zero attached hydrogens (tertiary/aromatic N) is 1. The van der Waals surface area contributed by atoms with E-state index in [4.69, 9.17) is 9.47 Å². The number of hydrogen-bond acceptors (Lipinski definition) is 4. The van der Waals surface area contributed by atoms with Crippen LogP contribution < -0.4 is 14.8 Å². The van der Waals surface area contributed by atoms with Crippen molar-refractivity contribution in [1.82, 2.24) is 10.2 Å². The number of carbonyl (C=O) groups is 1. The second-order valence-electron chi connectivity index (χ2n) is 7.65. The van der Waals surface area contributed by atoms with Crippen LogP contribution in [0.3, 0.4) is 0 Å². The zero-order valence-electron chi connectivity index (χ0n) is 16.7. The van der Waals surface area contributed by atoms with Crippen LogP contribution in [0.15, 0.2) is 36.4 Å². The number of nitrogens with one attached hydrogen (secondary N) is 1. The van der Waals surface area contributed by atoms with Gasteiger partial charge in [-0.05, 0) is 60.1 Å². The first-order valence-electron chi connectivity index (χ1n) is 10.0. The molecule has 1 aliphatic carbocycles. The molecule has 1 N–H and O–H groups in total. The molecule has 0 fully saturated rings. The Morgan fingerprint density at radius 2 is 1.82 bits per heavy atom. The third kappa shape index (κ3) is 3.85. The first-order chi connectivity index (χ1) is 13.7. The molecule has 5 heteroatoms. The Kier molecular flexibility index (Phi) is 5.53. The maximum absolute atomic E-state index is 12.7. The van der Waals surface area contributed by atoms with Gasteiger partial charge in [0.15, 0.2) is 11.5 Å². The molecule has 0 spiro atoms. The molecule has 0 bridgehead atoms. The van der Waals surface area contributed by atoms with Gasteiger partial charge in [0.05, 0.1) is 26.8 Å². The van der Waals surface area contributed by atoms with Crippen molar-refractivity contribution >= 4 is 5.91 Å². The van der Waals surface area contributed by atoms with E-state index in [-0.39, 0.29) is 11.9 Å². The SMILES string of the molecule is COc1cc2c(cc1OC)CN(CC(=O)NC1CCCc3ccccc31)CC2. The van der Waals surface area contributed by atoms with Crippen LogP contribution in [-0.2, 0) is 24.2 Å². The summed E-state index contributed by atoms with van der Waals surface area (Å²) in [6.07, 6.45) is 4.16. The van der Waals surface area contributed by atoms with Gasteiger partial charge < -0.3 is 14.8 Å². The standard InChI is InChI=1S/C23H28N2O3/c1-27-21-12-17-10-11-25(14-18(17)13-22(21)28-2)15-23(26)24-20-9-5-7-16-6-3-4-8-19(16)20/h3-4,6,8,12-13,20H,5,7,9-11,14-15H2,1-2H3,(H,24,26). The van der Waals surface area contributed by atoms with Gasteiger partial charge in [0.2, 0.25) is 5.91 Å². The van der Waals surface area contributed by atoms with Gasteiger partial charge in [0, 0.05) is 13.1 Å². The molecule has 1 heterocycles. The van der Waals surface area contributed by atoms with Crippen molar-refractivity contribution in [3.8, 4) is 11.5 Å². The van der Waals surface area contributed by atoms with E-state index in [9.17, 15) is 4.79 Å². The van der Waals surface area contributed by atoms with Crippen LogP contribution in [-0.4, -0.2) is 38.1 Å². The van der Waals surface area contributed by atoms with Gasteiger partial charge >= 0.3 is 0 Å². The summed E-state index contributed by atoms with van der Waals surface area (Å²) in [7, 11) is 3.31. The highest BCUT2D eigenvalue weighted by Crippen LogP contribution is 2.33. The molecule has 2 aliphatic rings. The fraction of sp³-hybridized carbons (Fsp3) is 0.435. The highest BCUT2D eigenvalue weighted by atomic mass is 16.5. The Balaban J connectivity index is 1.40. The van der Waals surface area contributed by atoms with E-state index in [1.807, 2.05) is 6.07 Å². The van der Waals surface area contributed by atoms with E-state index in [1.165, 1.54) is 22.3 Å². The third-order valence-electron chi connectivity index (χ3n) is 5.87. The van der Waals surface area contributed by atoms with Crippen LogP contribution in [0.4, 0.5) is 0 Å². The van der Waals surface area contributed by atoms with Crippen molar-refractivity contribution in [1.29, 1.82) is 0 Å². The number of benzene rings is 2. The van der Waals surface area contributed by atoms with Crippen molar-refractivity contribution < 1.29 is 14.3 Å². The summed E-state index contributed by atoms with van der Waals surface area (Å²) < 4.78 is 10.8. The smallest absolute Gasteiger partial charge is 0.234 e. The summed E-state index contributed by atoms with van der Waals surface area (Å²) in [5, 5.41) is 3.26. The molecule has 2 aromatic carbocycles. The predicted molar refractivity (Wildman–Crippen MR) is 109 cm³/mol. The molecule has 1 amide bonds. The fourth-order valence-electron chi connectivity index (χ4n) is 4.42. The van der Waals surface area contributed by atoms with Crippen LogP contribution in [0, 0.1) is 0 Å². The van der Waals surface area contributed by atoms with Gasteiger partial charge in [-0.25, -0.2) is 0 Å². The van der Waals surface area contributed by atoms with Crippen molar-refractivity contribution in [2.45, 2.75) is 38.3 Å². The zero-order valence-corrected chi connectivity index (χ0v) is 16.7. The highest BCUT2D eigenvalue weighted by molar-refractivity contribution is 5.78. The van der Waals surface area contributed by atoms with Gasteiger partial charge in [-0.2, -0.15) is 0 Å². The maximum Gasteiger partial charge on any atom is 0.234 e. The van der Waals surface area contributed by atoms with E-state index in [0.717, 1.165) is 50.3 Å². The van der Waals surface area contributed by atoms with Crippen molar-refractivity contribution in [3.63, 3.8) is 0 Å². The molecule has 4 rings (SSSR count). The van der Waals surface area contributed by atoms with Crippen molar-refractivity contribution in [2.75, 3.05) is 27.3 Å². The van der Waals surface area contributed by atoms with Gasteiger partial charge in [-0.1, -0.05) is 24.3 Å². The molecule has 148 valence electrons. The number of hydrogen-bond donors (Lipinski definition) is 1. The van der Waals surface area contributed by atoms with Crippen molar-refractivity contribution in [2.24, 2.45) is 0 Å². The second kappa shape index (κ2) is 8.23. The van der Waals surface area contributed by atoms with E-state index in [2.05, 4.69) is 40.5 Å². The lowest BCUT2D eigenvalue weighted by molar-refractivity contribution is -0.123. The molecular weight excluding hydrogens is 352 g/mol. The minimum atomic E-state index is 0.102. The Bertz CT molecular complexity index is 865. The summed E-state index contributed by atoms with van der Waals surface area (Å²) in [4.78, 5) is 14.9. The number of methoxy groups -OCH3 is 2. The van der Waals surface area contributed by atoms with Crippen molar-refractivity contribution in [3.05, 3.63) is 58.7 Å². The minimum Gasteiger partial charge on any atom is -0.493 e. The highest BCUT2D eigenvalue weighted by Gasteiger charge is 2.24. The summed E-state index contributed by atoms with van der Waals surface area (Å²) in [5.74, 6) is 1.61. The van der Waals surface area contributed by atoms with Gasteiger partial charge in [0.1, 0.15) is 0 Å². The molecular formula is C23H28N2O3. The topological polar surface area (TPSA) is 50.8 Å². The Morgan fingerprint density at radius 1 is 1.07 bits per heavy atom. The number of carbonyl (C=O) groups excluding carboxylic acids is 1. The lowest BCUT2D eigenvalue weighted by atomic mass is 9.88. The summed E-state index contributed by atoms with van der Waals surface area (Å²) in [6.45, 7) is 2.05. The molecule has 0 radical (unpaired) electrons. The number of ether oxygens (including phenoxy) is 2. The average molecular weight is 380 g/mol. The molecule has 1 aliphatic heterocycles. The molecule has 5 nitrogen and oxygen atoms in total. The molecule has 2 aromatic rings. The summed E-state index contributed by atoms with van der Waals surface area (Å²) in [5.41, 5.74) is 5.13. The van der Waals surface area contributed by atoms with Crippen LogP contribution in [0.1, 0.15) is 41.1 Å². The second-order valence-corrected chi connectivity index (χ2v) is 7.65. The number of fused-ring (bicyclic) bond motifs is 2. The van der Waals surface area contributed by atoms with Gasteiger partial charge in [-0.15, -0.1) is 0 Å². The Labute approximate surface area is 166 Å². The average Bonchev–Trinajstić information content (AvgIpc) is 2.73. The first kappa shape index (κ1) is 18.8. The largest absolute Gasteiger partial charge is 0.493 e. The first-order valence-corrected chi connectivity index (χ1v) is 10.0. The van der Waals surface area contributed by atoms with Crippen LogP contribution in [0.2, 0.25) is 0 Å². The number of amides is 1. The molecule has 0 saturated heterocycles. The number of aryl methyl sites for hydroxylation is 1.